The number of benzene rings is 7. The summed E-state index contributed by atoms with van der Waals surface area (Å²) in [5.41, 5.74) is 14.8. The van der Waals surface area contributed by atoms with Gasteiger partial charge in [0, 0.05) is 22.4 Å². The molecule has 1 aliphatic rings. The number of aromatic nitrogens is 2. The number of rotatable bonds is 4. The van der Waals surface area contributed by atoms with E-state index < -0.39 is 0 Å². The third-order valence-electron chi connectivity index (χ3n) is 10.8. The molecule has 0 saturated heterocycles. The lowest BCUT2D eigenvalue weighted by Gasteiger charge is -2.21. The summed E-state index contributed by atoms with van der Waals surface area (Å²) in [7, 11) is 0. The Kier molecular flexibility index (Phi) is 6.25. The predicted molar refractivity (Wildman–Crippen MR) is 210 cm³/mol. The lowest BCUT2D eigenvalue weighted by atomic mass is 9.82. The highest BCUT2D eigenvalue weighted by molar-refractivity contribution is 6.11. The average Bonchev–Trinajstić information content (AvgIpc) is 3.62. The Hall–Kier alpha value is -6.25. The molecule has 9 aromatic rings. The van der Waals surface area contributed by atoms with Crippen molar-refractivity contribution in [1.29, 1.82) is 0 Å². The number of fused-ring (bicyclic) bond motifs is 7. The van der Waals surface area contributed by atoms with Crippen LogP contribution in [-0.4, -0.2) is 9.55 Å². The Morgan fingerprint density at radius 1 is 0.420 bits per heavy atom. The van der Waals surface area contributed by atoms with Crippen molar-refractivity contribution in [2.45, 2.75) is 19.3 Å². The third kappa shape index (κ3) is 4.38. The van der Waals surface area contributed by atoms with Crippen LogP contribution < -0.4 is 0 Å². The van der Waals surface area contributed by atoms with E-state index in [-0.39, 0.29) is 5.41 Å². The van der Waals surface area contributed by atoms with Crippen molar-refractivity contribution in [2.75, 3.05) is 0 Å². The van der Waals surface area contributed by atoms with Gasteiger partial charge in [0.05, 0.1) is 11.0 Å². The van der Waals surface area contributed by atoms with Gasteiger partial charge in [-0.2, -0.15) is 0 Å². The Morgan fingerprint density at radius 3 is 1.94 bits per heavy atom. The van der Waals surface area contributed by atoms with Gasteiger partial charge < -0.3 is 0 Å². The smallest absolute Gasteiger partial charge is 0.138 e. The van der Waals surface area contributed by atoms with Crippen LogP contribution in [0.2, 0.25) is 0 Å². The molecule has 0 unspecified atom stereocenters. The van der Waals surface area contributed by atoms with E-state index in [0.717, 1.165) is 22.5 Å². The zero-order valence-electron chi connectivity index (χ0n) is 28.1. The maximum atomic E-state index is 5.04. The highest BCUT2D eigenvalue weighted by Gasteiger charge is 2.36. The maximum absolute atomic E-state index is 5.04. The molecule has 1 aliphatic carbocycles. The molecular formula is C48H34N2. The summed E-state index contributed by atoms with van der Waals surface area (Å²) >= 11 is 0. The molecule has 0 N–H and O–H groups in total. The first-order valence-electron chi connectivity index (χ1n) is 17.4. The number of nitrogens with zero attached hydrogens (tertiary/aromatic N) is 2. The van der Waals surface area contributed by atoms with Crippen molar-refractivity contribution >= 4 is 32.6 Å². The molecule has 0 amide bonds. The highest BCUT2D eigenvalue weighted by Crippen LogP contribution is 2.51. The molecule has 2 aromatic heterocycles. The monoisotopic (exact) mass is 638 g/mol. The Labute approximate surface area is 291 Å². The van der Waals surface area contributed by atoms with Gasteiger partial charge in [0.15, 0.2) is 0 Å². The maximum Gasteiger partial charge on any atom is 0.138 e. The van der Waals surface area contributed by atoms with Crippen molar-refractivity contribution in [3.8, 4) is 50.3 Å². The summed E-state index contributed by atoms with van der Waals surface area (Å²) in [6, 6.07) is 59.9. The van der Waals surface area contributed by atoms with Crippen molar-refractivity contribution in [3.63, 3.8) is 0 Å². The van der Waals surface area contributed by atoms with E-state index in [1.807, 2.05) is 6.20 Å². The fourth-order valence-electron chi connectivity index (χ4n) is 8.26. The van der Waals surface area contributed by atoms with Gasteiger partial charge in [-0.25, -0.2) is 4.98 Å². The third-order valence-corrected chi connectivity index (χ3v) is 10.8. The lowest BCUT2D eigenvalue weighted by Crippen LogP contribution is -2.15. The van der Waals surface area contributed by atoms with Crippen LogP contribution in [0, 0.1) is 0 Å². The van der Waals surface area contributed by atoms with Crippen LogP contribution in [-0.2, 0) is 5.41 Å². The minimum Gasteiger partial charge on any atom is -0.294 e. The predicted octanol–water partition coefficient (Wildman–Crippen LogP) is 12.6. The minimum absolute atomic E-state index is 0.0896. The molecule has 7 aromatic carbocycles. The van der Waals surface area contributed by atoms with E-state index >= 15 is 0 Å². The van der Waals surface area contributed by atoms with Crippen LogP contribution in [0.25, 0.3) is 82.9 Å². The van der Waals surface area contributed by atoms with Gasteiger partial charge in [0.25, 0.3) is 0 Å². The fraction of sp³-hybridized carbons (Fsp3) is 0.0625. The first-order valence-corrected chi connectivity index (χ1v) is 17.4. The summed E-state index contributed by atoms with van der Waals surface area (Å²) in [6.45, 7) is 4.70. The van der Waals surface area contributed by atoms with Crippen molar-refractivity contribution in [2.24, 2.45) is 0 Å². The number of hydrogen-bond donors (Lipinski definition) is 0. The van der Waals surface area contributed by atoms with Gasteiger partial charge in [0.1, 0.15) is 5.82 Å². The molecule has 236 valence electrons. The summed E-state index contributed by atoms with van der Waals surface area (Å²) in [6.07, 6.45) is 1.96. The van der Waals surface area contributed by atoms with Crippen LogP contribution in [0.15, 0.2) is 170 Å². The lowest BCUT2D eigenvalue weighted by molar-refractivity contribution is 0.661. The molecular weight excluding hydrogens is 605 g/mol. The molecule has 0 aliphatic heterocycles. The number of pyridine rings is 1. The summed E-state index contributed by atoms with van der Waals surface area (Å²) in [4.78, 5) is 5.04. The Bertz CT molecular complexity index is 2780. The average molecular weight is 639 g/mol. The Balaban J connectivity index is 1.17. The molecule has 2 heterocycles. The van der Waals surface area contributed by atoms with Crippen LogP contribution in [0.5, 0.6) is 0 Å². The first-order chi connectivity index (χ1) is 24.5. The van der Waals surface area contributed by atoms with Gasteiger partial charge in [-0.15, -0.1) is 0 Å². The second-order valence-electron chi connectivity index (χ2n) is 14.1. The van der Waals surface area contributed by atoms with Gasteiger partial charge in [0.2, 0.25) is 0 Å². The van der Waals surface area contributed by atoms with Crippen LogP contribution in [0.4, 0.5) is 0 Å². The molecule has 0 radical (unpaired) electrons. The molecule has 0 fully saturated rings. The molecule has 0 atom stereocenters. The van der Waals surface area contributed by atoms with Crippen LogP contribution >= 0.6 is 0 Å². The zero-order valence-corrected chi connectivity index (χ0v) is 28.1. The minimum atomic E-state index is -0.0896. The first kappa shape index (κ1) is 28.7. The zero-order chi connectivity index (χ0) is 33.4. The largest absolute Gasteiger partial charge is 0.294 e. The van der Waals surface area contributed by atoms with E-state index in [4.69, 9.17) is 4.98 Å². The summed E-state index contributed by atoms with van der Waals surface area (Å²) in [5.74, 6) is 0.916. The topological polar surface area (TPSA) is 17.8 Å². The number of para-hydroxylation sites is 1. The second kappa shape index (κ2) is 10.9. The van der Waals surface area contributed by atoms with Crippen LogP contribution in [0.1, 0.15) is 25.0 Å². The van der Waals surface area contributed by atoms with E-state index in [1.165, 1.54) is 71.6 Å². The van der Waals surface area contributed by atoms with E-state index in [0.29, 0.717) is 0 Å². The number of hydrogen-bond acceptors (Lipinski definition) is 1. The fourth-order valence-corrected chi connectivity index (χ4v) is 8.26. The molecule has 2 nitrogen and oxygen atoms in total. The van der Waals surface area contributed by atoms with Gasteiger partial charge >= 0.3 is 0 Å². The molecule has 0 bridgehead atoms. The SMILES string of the molecule is CC1(C)c2ccccc2-c2cc3c4ccccc4n(-c4cc(-c5cc(-c6ccccc6)cc(-c6ccc7ccccc7c6)c5)ccn4)c3cc21. The van der Waals surface area contributed by atoms with Crippen molar-refractivity contribution in [1.82, 2.24) is 9.55 Å². The second-order valence-corrected chi connectivity index (χ2v) is 14.1. The summed E-state index contributed by atoms with van der Waals surface area (Å²) < 4.78 is 2.36. The molecule has 0 spiro atoms. The van der Waals surface area contributed by atoms with Crippen molar-refractivity contribution in [3.05, 3.63) is 181 Å². The van der Waals surface area contributed by atoms with Gasteiger partial charge in [-0.05, 0) is 121 Å². The molecule has 0 saturated carbocycles. The normalized spacial score (nSPS) is 13.2. The van der Waals surface area contributed by atoms with E-state index in [2.05, 4.69) is 182 Å². The molecule has 2 heteroatoms. The van der Waals surface area contributed by atoms with E-state index in [9.17, 15) is 0 Å². The highest BCUT2D eigenvalue weighted by atomic mass is 15.1. The van der Waals surface area contributed by atoms with E-state index in [1.54, 1.807) is 0 Å². The Morgan fingerprint density at radius 2 is 1.10 bits per heavy atom. The van der Waals surface area contributed by atoms with Gasteiger partial charge in [-0.1, -0.05) is 123 Å². The summed E-state index contributed by atoms with van der Waals surface area (Å²) in [5, 5.41) is 4.98. The van der Waals surface area contributed by atoms with Crippen molar-refractivity contribution < 1.29 is 0 Å². The molecule has 50 heavy (non-hydrogen) atoms. The molecule has 10 rings (SSSR count). The van der Waals surface area contributed by atoms with Crippen LogP contribution in [0.3, 0.4) is 0 Å². The quantitative estimate of drug-likeness (QED) is 0.188. The standard InChI is InChI=1S/C48H34N2/c1-48(2)43-18-10-8-16-39(43)41-29-42-40-17-9-11-19-45(40)50(46(42)30-44(41)48)47-28-35(22-23-49-47)38-26-36(31-12-4-3-5-13-31)25-37(27-38)34-21-20-32-14-6-7-15-33(32)24-34/h3-30H,1-2H3. The van der Waals surface area contributed by atoms with Gasteiger partial charge in [-0.3, -0.25) is 4.57 Å².